The number of rotatable bonds is 4. The zero-order valence-corrected chi connectivity index (χ0v) is 13.0. The van der Waals surface area contributed by atoms with Crippen LogP contribution in [0.5, 0.6) is 0 Å². The van der Waals surface area contributed by atoms with Gasteiger partial charge in [-0.3, -0.25) is 14.5 Å². The Balaban J connectivity index is 1.71. The summed E-state index contributed by atoms with van der Waals surface area (Å²) in [7, 11) is 0. The molecule has 3 rings (SSSR count). The van der Waals surface area contributed by atoms with Crippen LogP contribution in [0.4, 0.5) is 16.2 Å². The number of amides is 3. The number of cyclic esters (lactones) is 1. The minimum atomic E-state index is -0.474. The van der Waals surface area contributed by atoms with E-state index in [9.17, 15) is 14.4 Å². The number of thioether (sulfide) groups is 1. The number of anilines is 2. The Morgan fingerprint density at radius 2 is 2.35 bits per heavy atom. The van der Waals surface area contributed by atoms with Gasteiger partial charge in [0.2, 0.25) is 11.8 Å². The van der Waals surface area contributed by atoms with Crippen LogP contribution in [0.15, 0.2) is 35.7 Å². The molecule has 0 unspecified atom stereocenters. The minimum absolute atomic E-state index is 0.0614. The van der Waals surface area contributed by atoms with Crippen LogP contribution >= 0.6 is 11.8 Å². The molecule has 0 aromatic heterocycles. The largest absolute Gasteiger partial charge is 0.442 e. The number of benzene rings is 1. The molecule has 0 spiro atoms. The molecule has 8 heteroatoms. The van der Waals surface area contributed by atoms with Crippen LogP contribution in [0.2, 0.25) is 0 Å². The molecule has 120 valence electrons. The maximum atomic E-state index is 12.0. The molecule has 0 radical (unpaired) electrons. The molecule has 23 heavy (non-hydrogen) atoms. The van der Waals surface area contributed by atoms with Gasteiger partial charge in [0.25, 0.3) is 0 Å². The molecule has 2 aliphatic heterocycles. The number of ether oxygens (including phenoxy) is 1. The lowest BCUT2D eigenvalue weighted by molar-refractivity contribution is -0.117. The molecule has 2 heterocycles. The lowest BCUT2D eigenvalue weighted by Crippen LogP contribution is -2.33. The summed E-state index contributed by atoms with van der Waals surface area (Å²) in [6.45, 7) is 3.92. The van der Waals surface area contributed by atoms with Crippen molar-refractivity contribution < 1.29 is 19.1 Å². The maximum Gasteiger partial charge on any atom is 0.414 e. The first-order valence-electron chi connectivity index (χ1n) is 7.02. The van der Waals surface area contributed by atoms with Gasteiger partial charge < -0.3 is 15.4 Å². The molecule has 0 aliphatic carbocycles. The molecule has 3 amide bonds. The predicted octanol–water partition coefficient (Wildman–Crippen LogP) is 1.36. The van der Waals surface area contributed by atoms with E-state index in [0.717, 1.165) is 4.90 Å². The summed E-state index contributed by atoms with van der Waals surface area (Å²) in [5.41, 5.74) is 1.34. The van der Waals surface area contributed by atoms with Gasteiger partial charge in [0, 0.05) is 10.6 Å². The van der Waals surface area contributed by atoms with E-state index in [-0.39, 0.29) is 18.4 Å². The number of fused-ring (bicyclic) bond motifs is 1. The molecular weight excluding hydrogens is 318 g/mol. The Kier molecular flexibility index (Phi) is 4.24. The minimum Gasteiger partial charge on any atom is -0.442 e. The number of carbonyl (C=O) groups excluding carboxylic acids is 3. The Morgan fingerprint density at radius 3 is 3.13 bits per heavy atom. The fraction of sp³-hybridized carbons (Fsp3) is 0.267. The lowest BCUT2D eigenvalue weighted by atomic mass is 10.2. The average molecular weight is 333 g/mol. The van der Waals surface area contributed by atoms with Crippen molar-refractivity contribution in [1.29, 1.82) is 0 Å². The zero-order chi connectivity index (χ0) is 16.4. The number of nitrogens with zero attached hydrogens (tertiary/aromatic N) is 1. The molecule has 0 bridgehead atoms. The maximum absolute atomic E-state index is 12.0. The van der Waals surface area contributed by atoms with Crippen molar-refractivity contribution in [3.63, 3.8) is 0 Å². The van der Waals surface area contributed by atoms with Crippen LogP contribution in [0, 0.1) is 0 Å². The van der Waals surface area contributed by atoms with Gasteiger partial charge >= 0.3 is 6.09 Å². The predicted molar refractivity (Wildman–Crippen MR) is 86.6 cm³/mol. The lowest BCUT2D eigenvalue weighted by Gasteiger charge is -2.19. The van der Waals surface area contributed by atoms with Crippen molar-refractivity contribution in [3.05, 3.63) is 30.9 Å². The van der Waals surface area contributed by atoms with Crippen LogP contribution < -0.4 is 15.5 Å². The third-order valence-electron chi connectivity index (χ3n) is 3.47. The third kappa shape index (κ3) is 3.31. The molecule has 1 aromatic rings. The Labute approximate surface area is 137 Å². The van der Waals surface area contributed by atoms with Crippen molar-refractivity contribution in [1.82, 2.24) is 5.32 Å². The summed E-state index contributed by atoms with van der Waals surface area (Å²) in [6, 6.07) is 5.44. The van der Waals surface area contributed by atoms with Crippen molar-refractivity contribution in [2.45, 2.75) is 11.0 Å². The van der Waals surface area contributed by atoms with Crippen LogP contribution in [-0.4, -0.2) is 42.9 Å². The van der Waals surface area contributed by atoms with Crippen LogP contribution in [0.3, 0.4) is 0 Å². The summed E-state index contributed by atoms with van der Waals surface area (Å²) in [5, 5.41) is 5.39. The van der Waals surface area contributed by atoms with Gasteiger partial charge in [-0.15, -0.1) is 11.8 Å². The summed E-state index contributed by atoms with van der Waals surface area (Å²) in [6.07, 6.45) is 0.266. The van der Waals surface area contributed by atoms with E-state index >= 15 is 0 Å². The highest BCUT2D eigenvalue weighted by molar-refractivity contribution is 8.00. The third-order valence-corrected chi connectivity index (χ3v) is 4.54. The van der Waals surface area contributed by atoms with E-state index in [4.69, 9.17) is 4.74 Å². The van der Waals surface area contributed by atoms with E-state index in [2.05, 4.69) is 17.2 Å². The van der Waals surface area contributed by atoms with Crippen molar-refractivity contribution in [2.24, 2.45) is 0 Å². The molecule has 1 atom stereocenters. The van der Waals surface area contributed by atoms with Crippen LogP contribution in [-0.2, 0) is 14.3 Å². The smallest absolute Gasteiger partial charge is 0.414 e. The summed E-state index contributed by atoms with van der Waals surface area (Å²) in [4.78, 5) is 37.1. The highest BCUT2D eigenvalue weighted by atomic mass is 32.2. The first kappa shape index (κ1) is 15.4. The van der Waals surface area contributed by atoms with Gasteiger partial charge in [-0.05, 0) is 24.3 Å². The summed E-state index contributed by atoms with van der Waals surface area (Å²) in [5.74, 6) is 0.0186. The van der Waals surface area contributed by atoms with Gasteiger partial charge in [0.05, 0.1) is 24.5 Å². The van der Waals surface area contributed by atoms with E-state index in [1.807, 2.05) is 12.1 Å². The second-order valence-electron chi connectivity index (χ2n) is 5.08. The van der Waals surface area contributed by atoms with E-state index < -0.39 is 12.2 Å². The first-order chi connectivity index (χ1) is 11.1. The molecule has 1 aromatic carbocycles. The molecule has 2 aliphatic rings. The van der Waals surface area contributed by atoms with Crippen molar-refractivity contribution in [2.75, 3.05) is 29.1 Å². The molecule has 0 saturated carbocycles. The Hall–Kier alpha value is -2.48. The number of hydrogen-bond donors (Lipinski definition) is 2. The second-order valence-corrected chi connectivity index (χ2v) is 6.10. The average Bonchev–Trinajstić information content (AvgIpc) is 2.92. The molecule has 2 N–H and O–H groups in total. The van der Waals surface area contributed by atoms with Gasteiger partial charge in [0.1, 0.15) is 6.10 Å². The molecule has 1 saturated heterocycles. The van der Waals surface area contributed by atoms with Crippen molar-refractivity contribution in [3.8, 4) is 0 Å². The normalized spacial score (nSPS) is 19.7. The van der Waals surface area contributed by atoms with Crippen LogP contribution in [0.25, 0.3) is 0 Å². The van der Waals surface area contributed by atoms with Crippen LogP contribution in [0.1, 0.15) is 0 Å². The fourth-order valence-corrected chi connectivity index (χ4v) is 3.15. The number of nitrogens with one attached hydrogen (secondary N) is 2. The fourth-order valence-electron chi connectivity index (χ4n) is 2.36. The number of hydrogen-bond acceptors (Lipinski definition) is 5. The topological polar surface area (TPSA) is 87.7 Å². The highest BCUT2D eigenvalue weighted by Gasteiger charge is 2.33. The first-order valence-corrected chi connectivity index (χ1v) is 8.00. The van der Waals surface area contributed by atoms with E-state index in [1.54, 1.807) is 6.07 Å². The second kappa shape index (κ2) is 6.33. The quantitative estimate of drug-likeness (QED) is 0.812. The number of carbonyl (C=O) groups is 3. The SMILES string of the molecule is C=CC(=O)NC[C@H]1CN(c2ccc3c(c2)NC(=O)CS3)C(=O)O1. The Morgan fingerprint density at radius 1 is 1.52 bits per heavy atom. The van der Waals surface area contributed by atoms with Gasteiger partial charge in [-0.25, -0.2) is 4.79 Å². The standard InChI is InChI=1S/C15H15N3O4S/c1-2-13(19)16-6-10-7-18(15(21)22-10)9-3-4-12-11(5-9)17-14(20)8-23-12/h2-5,10H,1,6-8H2,(H,16,19)(H,17,20)/t10-/m0/s1. The van der Waals surface area contributed by atoms with E-state index in [0.29, 0.717) is 23.7 Å². The monoisotopic (exact) mass is 333 g/mol. The highest BCUT2D eigenvalue weighted by Crippen LogP contribution is 2.35. The van der Waals surface area contributed by atoms with Crippen molar-refractivity contribution >= 4 is 41.0 Å². The molecule has 7 nitrogen and oxygen atoms in total. The summed E-state index contributed by atoms with van der Waals surface area (Å²) < 4.78 is 5.23. The van der Waals surface area contributed by atoms with Gasteiger partial charge in [0.15, 0.2) is 0 Å². The Bertz CT molecular complexity index is 691. The molecular formula is C15H15N3O4S. The van der Waals surface area contributed by atoms with E-state index in [1.165, 1.54) is 22.7 Å². The summed E-state index contributed by atoms with van der Waals surface area (Å²) >= 11 is 1.46. The van der Waals surface area contributed by atoms with Gasteiger partial charge in [-0.1, -0.05) is 6.58 Å². The zero-order valence-electron chi connectivity index (χ0n) is 12.2. The molecule has 1 fully saturated rings. The van der Waals surface area contributed by atoms with Gasteiger partial charge in [-0.2, -0.15) is 0 Å².